The molecule has 2 rings (SSSR count). The maximum absolute atomic E-state index is 11.8. The fourth-order valence-corrected chi connectivity index (χ4v) is 1.91. The number of amides is 1. The molecule has 1 saturated heterocycles. The minimum absolute atomic E-state index is 0.00683. The molecule has 5 heteroatoms. The third-order valence-electron chi connectivity index (χ3n) is 2.62. The molecular formula is C12H15BrN2O2. The van der Waals surface area contributed by atoms with Gasteiger partial charge in [0.15, 0.2) is 0 Å². The third kappa shape index (κ3) is 3.80. The molecule has 1 atom stereocenters. The normalized spacial score (nSPS) is 19.9. The predicted molar refractivity (Wildman–Crippen MR) is 68.6 cm³/mol. The summed E-state index contributed by atoms with van der Waals surface area (Å²) in [6.45, 7) is 2.41. The Morgan fingerprint density at radius 1 is 1.47 bits per heavy atom. The van der Waals surface area contributed by atoms with Crippen LogP contribution in [0.2, 0.25) is 0 Å². The van der Waals surface area contributed by atoms with Crippen molar-refractivity contribution in [2.75, 3.05) is 19.8 Å². The number of rotatable bonds is 3. The maximum atomic E-state index is 11.8. The lowest BCUT2D eigenvalue weighted by atomic mass is 10.2. The van der Waals surface area contributed by atoms with Crippen molar-refractivity contribution in [3.05, 3.63) is 34.3 Å². The van der Waals surface area contributed by atoms with Crippen molar-refractivity contribution < 1.29 is 9.53 Å². The molecule has 17 heavy (non-hydrogen) atoms. The van der Waals surface area contributed by atoms with Crippen molar-refractivity contribution in [2.24, 2.45) is 0 Å². The van der Waals surface area contributed by atoms with Gasteiger partial charge in [-0.15, -0.1) is 0 Å². The van der Waals surface area contributed by atoms with Crippen molar-refractivity contribution in [1.82, 2.24) is 10.6 Å². The molecule has 0 spiro atoms. The van der Waals surface area contributed by atoms with E-state index in [1.165, 1.54) is 0 Å². The second-order valence-corrected chi connectivity index (χ2v) is 4.84. The molecule has 4 nitrogen and oxygen atoms in total. The summed E-state index contributed by atoms with van der Waals surface area (Å²) >= 11 is 3.37. The molecule has 0 aliphatic carbocycles. The summed E-state index contributed by atoms with van der Waals surface area (Å²) in [4.78, 5) is 11.8. The minimum atomic E-state index is -0.223. The second kappa shape index (κ2) is 6.14. The molecule has 92 valence electrons. The molecule has 1 aromatic carbocycles. The summed E-state index contributed by atoms with van der Waals surface area (Å²) in [6, 6.07) is 7.66. The van der Waals surface area contributed by atoms with Crippen molar-refractivity contribution in [3.63, 3.8) is 0 Å². The highest BCUT2D eigenvalue weighted by Gasteiger charge is 2.20. The standard InChI is InChI=1S/C12H15BrN2O2/c13-10-3-1-9(2-4-10)7-15-12(16)11-8-17-6-5-14-11/h1-4,11,14H,5-8H2,(H,15,16). The van der Waals surface area contributed by atoms with Gasteiger partial charge in [-0.3, -0.25) is 4.79 Å². The van der Waals surface area contributed by atoms with E-state index in [9.17, 15) is 4.79 Å². The first-order chi connectivity index (χ1) is 8.25. The number of morpholine rings is 1. The molecule has 0 bridgehead atoms. The van der Waals surface area contributed by atoms with E-state index in [1.807, 2.05) is 24.3 Å². The summed E-state index contributed by atoms with van der Waals surface area (Å²) in [6.07, 6.45) is 0. The average molecular weight is 299 g/mol. The van der Waals surface area contributed by atoms with Crippen molar-refractivity contribution in [2.45, 2.75) is 12.6 Å². The Morgan fingerprint density at radius 2 is 2.24 bits per heavy atom. The van der Waals surface area contributed by atoms with Gasteiger partial charge in [-0.25, -0.2) is 0 Å². The molecule has 2 N–H and O–H groups in total. The number of nitrogens with one attached hydrogen (secondary N) is 2. The topological polar surface area (TPSA) is 50.4 Å². The number of halogens is 1. The van der Waals surface area contributed by atoms with Gasteiger partial charge in [0.25, 0.3) is 0 Å². The van der Waals surface area contributed by atoms with Gasteiger partial charge in [0.05, 0.1) is 13.2 Å². The van der Waals surface area contributed by atoms with Gasteiger partial charge in [0.1, 0.15) is 6.04 Å². The number of carbonyl (C=O) groups excluding carboxylic acids is 1. The fourth-order valence-electron chi connectivity index (χ4n) is 1.65. The van der Waals surface area contributed by atoms with E-state index in [4.69, 9.17) is 4.74 Å². The van der Waals surface area contributed by atoms with E-state index >= 15 is 0 Å². The van der Waals surface area contributed by atoms with Crippen LogP contribution in [-0.4, -0.2) is 31.7 Å². The number of benzene rings is 1. The molecule has 1 aromatic rings. The van der Waals surface area contributed by atoms with Crippen LogP contribution in [0.15, 0.2) is 28.7 Å². The largest absolute Gasteiger partial charge is 0.378 e. The number of hydrogen-bond acceptors (Lipinski definition) is 3. The van der Waals surface area contributed by atoms with Gasteiger partial charge in [-0.05, 0) is 17.7 Å². The van der Waals surface area contributed by atoms with Gasteiger partial charge in [-0.2, -0.15) is 0 Å². The van der Waals surface area contributed by atoms with Crippen LogP contribution in [0.3, 0.4) is 0 Å². The van der Waals surface area contributed by atoms with Crippen LogP contribution in [0.25, 0.3) is 0 Å². The molecule has 1 fully saturated rings. The number of ether oxygens (including phenoxy) is 1. The quantitative estimate of drug-likeness (QED) is 0.877. The molecule has 0 radical (unpaired) electrons. The Balaban J connectivity index is 1.81. The Bertz CT molecular complexity index is 375. The summed E-state index contributed by atoms with van der Waals surface area (Å²) < 4.78 is 6.28. The molecule has 1 amide bonds. The Morgan fingerprint density at radius 3 is 2.88 bits per heavy atom. The first kappa shape index (κ1) is 12.5. The van der Waals surface area contributed by atoms with E-state index in [1.54, 1.807) is 0 Å². The van der Waals surface area contributed by atoms with Crippen molar-refractivity contribution in [1.29, 1.82) is 0 Å². The van der Waals surface area contributed by atoms with Gasteiger partial charge in [0, 0.05) is 17.6 Å². The molecule has 1 unspecified atom stereocenters. The van der Waals surface area contributed by atoms with E-state index < -0.39 is 0 Å². The SMILES string of the molecule is O=C(NCc1ccc(Br)cc1)C1COCCN1. The lowest BCUT2D eigenvalue weighted by Gasteiger charge is -2.22. The average Bonchev–Trinajstić information content (AvgIpc) is 2.39. The van der Waals surface area contributed by atoms with Gasteiger partial charge in [0.2, 0.25) is 5.91 Å². The van der Waals surface area contributed by atoms with Crippen LogP contribution in [0.5, 0.6) is 0 Å². The molecule has 1 aliphatic rings. The smallest absolute Gasteiger partial charge is 0.239 e. The van der Waals surface area contributed by atoms with Crippen molar-refractivity contribution >= 4 is 21.8 Å². The van der Waals surface area contributed by atoms with Crippen LogP contribution < -0.4 is 10.6 Å². The monoisotopic (exact) mass is 298 g/mol. The lowest BCUT2D eigenvalue weighted by Crippen LogP contribution is -2.51. The highest BCUT2D eigenvalue weighted by atomic mass is 79.9. The zero-order valence-electron chi connectivity index (χ0n) is 9.41. The number of carbonyl (C=O) groups is 1. The first-order valence-electron chi connectivity index (χ1n) is 5.59. The lowest BCUT2D eigenvalue weighted by molar-refractivity contribution is -0.126. The summed E-state index contributed by atoms with van der Waals surface area (Å²) in [5.74, 6) is -0.00683. The summed E-state index contributed by atoms with van der Waals surface area (Å²) in [5, 5.41) is 6.01. The van der Waals surface area contributed by atoms with Gasteiger partial charge in [-0.1, -0.05) is 28.1 Å². The van der Waals surface area contributed by atoms with Gasteiger partial charge < -0.3 is 15.4 Å². The highest BCUT2D eigenvalue weighted by molar-refractivity contribution is 9.10. The van der Waals surface area contributed by atoms with Crippen LogP contribution in [-0.2, 0) is 16.1 Å². The molecule has 0 aromatic heterocycles. The van der Waals surface area contributed by atoms with Crippen molar-refractivity contribution in [3.8, 4) is 0 Å². The second-order valence-electron chi connectivity index (χ2n) is 3.93. The molecular weight excluding hydrogens is 284 g/mol. The highest BCUT2D eigenvalue weighted by Crippen LogP contribution is 2.10. The van der Waals surface area contributed by atoms with Crippen LogP contribution in [0.1, 0.15) is 5.56 Å². The summed E-state index contributed by atoms with van der Waals surface area (Å²) in [5.41, 5.74) is 1.08. The van der Waals surface area contributed by atoms with Crippen LogP contribution in [0, 0.1) is 0 Å². The van der Waals surface area contributed by atoms with E-state index in [2.05, 4.69) is 26.6 Å². The fraction of sp³-hybridized carbons (Fsp3) is 0.417. The maximum Gasteiger partial charge on any atom is 0.239 e. The Kier molecular flexibility index (Phi) is 4.53. The van der Waals surface area contributed by atoms with E-state index in [-0.39, 0.29) is 11.9 Å². The zero-order chi connectivity index (χ0) is 12.1. The zero-order valence-corrected chi connectivity index (χ0v) is 11.0. The molecule has 1 aliphatic heterocycles. The van der Waals surface area contributed by atoms with Crippen LogP contribution in [0.4, 0.5) is 0 Å². The summed E-state index contributed by atoms with van der Waals surface area (Å²) in [7, 11) is 0. The predicted octanol–water partition coefficient (Wildman–Crippen LogP) is 1.05. The molecule has 0 saturated carbocycles. The Labute approximate surface area is 109 Å². The minimum Gasteiger partial charge on any atom is -0.378 e. The first-order valence-corrected chi connectivity index (χ1v) is 6.38. The number of hydrogen-bond donors (Lipinski definition) is 2. The van der Waals surface area contributed by atoms with Crippen LogP contribution >= 0.6 is 15.9 Å². The van der Waals surface area contributed by atoms with E-state index in [0.717, 1.165) is 16.6 Å². The Hall–Kier alpha value is -0.910. The molecule has 1 heterocycles. The third-order valence-corrected chi connectivity index (χ3v) is 3.15. The van der Waals surface area contributed by atoms with Gasteiger partial charge >= 0.3 is 0 Å². The van der Waals surface area contributed by atoms with E-state index in [0.29, 0.717) is 19.8 Å².